The molecule has 0 aromatic heterocycles. The molecule has 0 radical (unpaired) electrons. The van der Waals surface area contributed by atoms with Crippen molar-refractivity contribution in [1.29, 1.82) is 0 Å². The summed E-state index contributed by atoms with van der Waals surface area (Å²) in [5, 5.41) is 0. The van der Waals surface area contributed by atoms with E-state index >= 15 is 0 Å². The van der Waals surface area contributed by atoms with Crippen molar-refractivity contribution >= 4 is 0 Å². The predicted octanol–water partition coefficient (Wildman–Crippen LogP) is 4.56. The van der Waals surface area contributed by atoms with Gasteiger partial charge >= 0.3 is 0 Å². The molecular weight excluding hydrogens is 180 g/mol. The third kappa shape index (κ3) is 1.26. The molecule has 0 heteroatoms. The smallest absolute Gasteiger partial charge is 0.0115 e. The van der Waals surface area contributed by atoms with Crippen molar-refractivity contribution in [2.75, 3.05) is 0 Å². The molecule has 0 aromatic carbocycles. The zero-order valence-electron chi connectivity index (χ0n) is 10.3. The number of rotatable bonds is 3. The van der Waals surface area contributed by atoms with Gasteiger partial charge in [-0.05, 0) is 61.7 Å². The summed E-state index contributed by atoms with van der Waals surface area (Å²) in [5.74, 6) is 3.15. The average molecular weight is 204 g/mol. The van der Waals surface area contributed by atoms with Gasteiger partial charge in [-0.1, -0.05) is 31.9 Å². The van der Waals surface area contributed by atoms with E-state index in [1.165, 1.54) is 38.5 Å². The van der Waals surface area contributed by atoms with E-state index in [4.69, 9.17) is 0 Å². The third-order valence-electron chi connectivity index (χ3n) is 5.61. The van der Waals surface area contributed by atoms with E-state index in [9.17, 15) is 0 Å². The molecule has 3 aliphatic carbocycles. The molecule has 0 heterocycles. The molecule has 2 unspecified atom stereocenters. The molecule has 0 nitrogen and oxygen atoms in total. The van der Waals surface area contributed by atoms with Crippen LogP contribution in [-0.4, -0.2) is 0 Å². The van der Waals surface area contributed by atoms with Gasteiger partial charge in [-0.3, -0.25) is 0 Å². The zero-order chi connectivity index (χ0) is 10.5. The Balaban J connectivity index is 1.79. The van der Waals surface area contributed by atoms with Crippen LogP contribution in [0.5, 0.6) is 0 Å². The first-order valence-corrected chi connectivity index (χ1v) is 6.94. The van der Waals surface area contributed by atoms with Crippen molar-refractivity contribution in [2.24, 2.45) is 23.2 Å². The Kier molecular flexibility index (Phi) is 2.23. The topological polar surface area (TPSA) is 0 Å². The molecule has 84 valence electrons. The molecule has 0 spiro atoms. The van der Waals surface area contributed by atoms with Gasteiger partial charge in [-0.2, -0.15) is 0 Å². The standard InChI is InChI=1S/C15H24/c1-3-4-5-11-8-9-15(2)13-7-6-12(10-13)14(11)15/h8,12-14H,3-7,9-10H2,1-2H3/t12?,13?,14-,15+/m1/s1. The normalized spacial score (nSPS) is 47.1. The second-order valence-corrected chi connectivity index (χ2v) is 6.34. The SMILES string of the molecule is CCCCC1=CC[C@@]2(C)C3CCC(C3)[C@@H]12. The van der Waals surface area contributed by atoms with Crippen molar-refractivity contribution in [1.82, 2.24) is 0 Å². The lowest BCUT2D eigenvalue weighted by molar-refractivity contribution is 0.144. The van der Waals surface area contributed by atoms with Crippen molar-refractivity contribution < 1.29 is 0 Å². The second-order valence-electron chi connectivity index (χ2n) is 6.34. The van der Waals surface area contributed by atoms with Gasteiger partial charge in [0.05, 0.1) is 0 Å². The van der Waals surface area contributed by atoms with Crippen molar-refractivity contribution in [3.05, 3.63) is 11.6 Å². The van der Waals surface area contributed by atoms with Crippen molar-refractivity contribution in [2.45, 2.75) is 58.8 Å². The third-order valence-corrected chi connectivity index (χ3v) is 5.61. The first kappa shape index (κ1) is 9.93. The highest BCUT2D eigenvalue weighted by atomic mass is 14.6. The fourth-order valence-corrected chi connectivity index (χ4v) is 4.85. The molecule has 15 heavy (non-hydrogen) atoms. The van der Waals surface area contributed by atoms with E-state index in [0.717, 1.165) is 17.8 Å². The Hall–Kier alpha value is -0.260. The van der Waals surface area contributed by atoms with Crippen LogP contribution in [-0.2, 0) is 0 Å². The summed E-state index contributed by atoms with van der Waals surface area (Å²) < 4.78 is 0. The molecule has 2 bridgehead atoms. The van der Waals surface area contributed by atoms with Crippen LogP contribution in [0.15, 0.2) is 11.6 Å². The molecule has 3 rings (SSSR count). The van der Waals surface area contributed by atoms with E-state index in [2.05, 4.69) is 19.9 Å². The first-order valence-electron chi connectivity index (χ1n) is 6.94. The van der Waals surface area contributed by atoms with Gasteiger partial charge in [-0.25, -0.2) is 0 Å². The number of hydrogen-bond donors (Lipinski definition) is 0. The predicted molar refractivity (Wildman–Crippen MR) is 64.7 cm³/mol. The van der Waals surface area contributed by atoms with Gasteiger partial charge in [0.1, 0.15) is 0 Å². The lowest BCUT2D eigenvalue weighted by atomic mass is 9.67. The maximum Gasteiger partial charge on any atom is -0.0115 e. The van der Waals surface area contributed by atoms with Crippen LogP contribution in [0, 0.1) is 23.2 Å². The fourth-order valence-electron chi connectivity index (χ4n) is 4.85. The van der Waals surface area contributed by atoms with Crippen molar-refractivity contribution in [3.8, 4) is 0 Å². The minimum atomic E-state index is 0.700. The summed E-state index contributed by atoms with van der Waals surface area (Å²) >= 11 is 0. The summed E-state index contributed by atoms with van der Waals surface area (Å²) in [4.78, 5) is 0. The van der Waals surface area contributed by atoms with Crippen LogP contribution < -0.4 is 0 Å². The zero-order valence-corrected chi connectivity index (χ0v) is 10.3. The molecule has 2 fully saturated rings. The molecule has 0 saturated heterocycles. The molecule has 4 atom stereocenters. The summed E-state index contributed by atoms with van der Waals surface area (Å²) in [7, 11) is 0. The quantitative estimate of drug-likeness (QED) is 0.591. The monoisotopic (exact) mass is 204 g/mol. The Morgan fingerprint density at radius 3 is 3.07 bits per heavy atom. The van der Waals surface area contributed by atoms with Crippen molar-refractivity contribution in [3.63, 3.8) is 0 Å². The van der Waals surface area contributed by atoms with Crippen LogP contribution in [0.2, 0.25) is 0 Å². The van der Waals surface area contributed by atoms with Crippen LogP contribution in [0.4, 0.5) is 0 Å². The number of fused-ring (bicyclic) bond motifs is 5. The number of unbranched alkanes of at least 4 members (excludes halogenated alkanes) is 1. The Morgan fingerprint density at radius 2 is 2.27 bits per heavy atom. The largest absolute Gasteiger partial charge is 0.0844 e. The van der Waals surface area contributed by atoms with E-state index in [1.54, 1.807) is 6.42 Å². The van der Waals surface area contributed by atoms with E-state index in [-0.39, 0.29) is 0 Å². The van der Waals surface area contributed by atoms with Gasteiger partial charge in [-0.15, -0.1) is 0 Å². The molecule has 0 aromatic rings. The van der Waals surface area contributed by atoms with E-state index in [1.807, 2.05) is 5.57 Å². The van der Waals surface area contributed by atoms with E-state index < -0.39 is 0 Å². The average Bonchev–Trinajstić information content (AvgIpc) is 2.85. The molecule has 2 saturated carbocycles. The fraction of sp³-hybridized carbons (Fsp3) is 0.867. The van der Waals surface area contributed by atoms with Gasteiger partial charge in [0.2, 0.25) is 0 Å². The Morgan fingerprint density at radius 1 is 1.40 bits per heavy atom. The Bertz CT molecular complexity index is 288. The van der Waals surface area contributed by atoms with Crippen LogP contribution in [0.3, 0.4) is 0 Å². The van der Waals surface area contributed by atoms with Gasteiger partial charge in [0, 0.05) is 0 Å². The molecule has 0 N–H and O–H groups in total. The molecular formula is C15H24. The van der Waals surface area contributed by atoms with Gasteiger partial charge in [0.25, 0.3) is 0 Å². The van der Waals surface area contributed by atoms with Crippen LogP contribution in [0.1, 0.15) is 58.8 Å². The summed E-state index contributed by atoms with van der Waals surface area (Å²) in [5.41, 5.74) is 2.55. The minimum absolute atomic E-state index is 0.700. The summed E-state index contributed by atoms with van der Waals surface area (Å²) in [6, 6.07) is 0. The maximum atomic E-state index is 2.62. The van der Waals surface area contributed by atoms with Gasteiger partial charge in [0.15, 0.2) is 0 Å². The summed E-state index contributed by atoms with van der Waals surface area (Å²) in [6.45, 7) is 4.90. The summed E-state index contributed by atoms with van der Waals surface area (Å²) in [6.07, 6.45) is 12.8. The number of hydrogen-bond acceptors (Lipinski definition) is 0. The second kappa shape index (κ2) is 3.37. The highest BCUT2D eigenvalue weighted by molar-refractivity contribution is 5.26. The lowest BCUT2D eigenvalue weighted by Gasteiger charge is -2.37. The highest BCUT2D eigenvalue weighted by Crippen LogP contribution is 2.66. The molecule has 0 amide bonds. The van der Waals surface area contributed by atoms with Gasteiger partial charge < -0.3 is 0 Å². The van der Waals surface area contributed by atoms with E-state index in [0.29, 0.717) is 5.41 Å². The molecule has 3 aliphatic rings. The maximum absolute atomic E-state index is 2.62. The lowest BCUT2D eigenvalue weighted by Crippen LogP contribution is -2.30. The molecule has 0 aliphatic heterocycles. The van der Waals surface area contributed by atoms with Crippen LogP contribution >= 0.6 is 0 Å². The Labute approximate surface area is 94.1 Å². The minimum Gasteiger partial charge on any atom is -0.0844 e. The number of allylic oxidation sites excluding steroid dienone is 2. The first-order chi connectivity index (χ1) is 7.25. The van der Waals surface area contributed by atoms with Crippen LogP contribution in [0.25, 0.3) is 0 Å². The highest BCUT2D eigenvalue weighted by Gasteiger charge is 2.57.